The van der Waals surface area contributed by atoms with Gasteiger partial charge in [0.1, 0.15) is 0 Å². The molecule has 0 saturated heterocycles. The summed E-state index contributed by atoms with van der Waals surface area (Å²) >= 11 is 6.03. The van der Waals surface area contributed by atoms with Crippen LogP contribution in [0.5, 0.6) is 0 Å². The fourth-order valence-electron chi connectivity index (χ4n) is 2.18. The number of hydrogen-bond acceptors (Lipinski definition) is 3. The average Bonchev–Trinajstić information content (AvgIpc) is 2.46. The smallest absolute Gasteiger partial charge is 0.339 e. The second kappa shape index (κ2) is 6.64. The van der Waals surface area contributed by atoms with Gasteiger partial charge in [0.25, 0.3) is 0 Å². The van der Waals surface area contributed by atoms with Gasteiger partial charge in [-0.1, -0.05) is 41.4 Å². The number of nitrogens with one attached hydrogen (secondary N) is 1. The number of carbonyl (C=O) groups is 1. The first kappa shape index (κ1) is 15.4. The van der Waals surface area contributed by atoms with Gasteiger partial charge in [-0.3, -0.25) is 0 Å². The number of halogens is 1. The van der Waals surface area contributed by atoms with Crippen molar-refractivity contribution in [3.63, 3.8) is 0 Å². The third kappa shape index (κ3) is 3.76. The highest BCUT2D eigenvalue weighted by atomic mass is 35.5. The Morgan fingerprint density at radius 2 is 2.00 bits per heavy atom. The zero-order chi connectivity index (χ0) is 15.4. The summed E-state index contributed by atoms with van der Waals surface area (Å²) in [6.07, 6.45) is 0. The van der Waals surface area contributed by atoms with Gasteiger partial charge in [-0.25, -0.2) is 4.79 Å². The molecule has 2 aromatic carbocycles. The first-order valence-corrected chi connectivity index (χ1v) is 7.10. The highest BCUT2D eigenvalue weighted by Gasteiger charge is 2.14. The molecule has 110 valence electrons. The number of esters is 1. The van der Waals surface area contributed by atoms with Gasteiger partial charge in [-0.2, -0.15) is 0 Å². The number of aryl methyl sites for hydroxylation is 1. The van der Waals surface area contributed by atoms with E-state index in [9.17, 15) is 4.79 Å². The molecule has 21 heavy (non-hydrogen) atoms. The molecule has 2 aromatic rings. The van der Waals surface area contributed by atoms with Crippen LogP contribution in [0.3, 0.4) is 0 Å². The predicted octanol–water partition coefficient (Wildman–Crippen LogP) is 4.61. The molecule has 4 heteroatoms. The standard InChI is InChI=1S/C17H18ClNO2/c1-11-5-4-6-13(9-11)12(2)19-16-10-14(18)7-8-15(16)17(20)21-3/h4-10,12,19H,1-3H3. The summed E-state index contributed by atoms with van der Waals surface area (Å²) in [5.41, 5.74) is 3.48. The quantitative estimate of drug-likeness (QED) is 0.838. The molecule has 1 N–H and O–H groups in total. The second-order valence-electron chi connectivity index (χ2n) is 4.96. The van der Waals surface area contributed by atoms with Crippen LogP contribution in [0.15, 0.2) is 42.5 Å². The van der Waals surface area contributed by atoms with Crippen molar-refractivity contribution in [3.8, 4) is 0 Å². The first-order valence-electron chi connectivity index (χ1n) is 6.72. The van der Waals surface area contributed by atoms with Crippen LogP contribution in [0.1, 0.15) is 34.5 Å². The number of anilines is 1. The minimum atomic E-state index is -0.384. The molecule has 1 atom stereocenters. The third-order valence-electron chi connectivity index (χ3n) is 3.30. The van der Waals surface area contributed by atoms with Gasteiger partial charge >= 0.3 is 5.97 Å². The van der Waals surface area contributed by atoms with Crippen molar-refractivity contribution in [2.45, 2.75) is 19.9 Å². The molecule has 0 saturated carbocycles. The van der Waals surface area contributed by atoms with Crippen LogP contribution in [0, 0.1) is 6.92 Å². The highest BCUT2D eigenvalue weighted by molar-refractivity contribution is 6.31. The Balaban J connectivity index is 2.30. The lowest BCUT2D eigenvalue weighted by molar-refractivity contribution is 0.0602. The number of rotatable bonds is 4. The van der Waals surface area contributed by atoms with Crippen LogP contribution in [-0.4, -0.2) is 13.1 Å². The number of methoxy groups -OCH3 is 1. The molecule has 0 fully saturated rings. The van der Waals surface area contributed by atoms with Crippen LogP contribution in [-0.2, 0) is 4.74 Å². The summed E-state index contributed by atoms with van der Waals surface area (Å²) in [7, 11) is 1.37. The molecule has 0 bridgehead atoms. The zero-order valence-electron chi connectivity index (χ0n) is 12.3. The van der Waals surface area contributed by atoms with Crippen molar-refractivity contribution in [3.05, 3.63) is 64.2 Å². The summed E-state index contributed by atoms with van der Waals surface area (Å²) < 4.78 is 4.80. The van der Waals surface area contributed by atoms with E-state index in [4.69, 9.17) is 16.3 Å². The SMILES string of the molecule is COC(=O)c1ccc(Cl)cc1NC(C)c1cccc(C)c1. The van der Waals surface area contributed by atoms with Crippen molar-refractivity contribution < 1.29 is 9.53 Å². The summed E-state index contributed by atoms with van der Waals surface area (Å²) in [5, 5.41) is 3.90. The molecule has 1 unspecified atom stereocenters. The Kier molecular flexibility index (Phi) is 4.86. The molecular weight excluding hydrogens is 286 g/mol. The highest BCUT2D eigenvalue weighted by Crippen LogP contribution is 2.26. The van der Waals surface area contributed by atoms with E-state index < -0.39 is 0 Å². The summed E-state index contributed by atoms with van der Waals surface area (Å²) in [6, 6.07) is 13.4. The van der Waals surface area contributed by atoms with Gasteiger partial charge in [-0.05, 0) is 37.6 Å². The van der Waals surface area contributed by atoms with Crippen LogP contribution in [0.2, 0.25) is 5.02 Å². The summed E-state index contributed by atoms with van der Waals surface area (Å²) in [5.74, 6) is -0.384. The normalized spacial score (nSPS) is 11.8. The van der Waals surface area contributed by atoms with Crippen LogP contribution in [0.4, 0.5) is 5.69 Å². The van der Waals surface area contributed by atoms with E-state index >= 15 is 0 Å². The minimum absolute atomic E-state index is 0.0479. The maximum Gasteiger partial charge on any atom is 0.339 e. The number of carbonyl (C=O) groups excluding carboxylic acids is 1. The molecular formula is C17H18ClNO2. The Labute approximate surface area is 129 Å². The van der Waals surface area contributed by atoms with Gasteiger partial charge in [0.15, 0.2) is 0 Å². The van der Waals surface area contributed by atoms with Crippen LogP contribution < -0.4 is 5.32 Å². The summed E-state index contributed by atoms with van der Waals surface area (Å²) in [6.45, 7) is 4.09. The molecule has 3 nitrogen and oxygen atoms in total. The van der Waals surface area contributed by atoms with E-state index in [0.29, 0.717) is 16.3 Å². The largest absolute Gasteiger partial charge is 0.465 e. The van der Waals surface area contributed by atoms with Gasteiger partial charge in [0.05, 0.1) is 18.4 Å². The van der Waals surface area contributed by atoms with E-state index in [1.807, 2.05) is 19.1 Å². The molecule has 0 aromatic heterocycles. The topological polar surface area (TPSA) is 38.3 Å². The number of ether oxygens (including phenoxy) is 1. The Hall–Kier alpha value is -2.00. The van der Waals surface area contributed by atoms with E-state index in [2.05, 4.69) is 24.4 Å². The Bertz CT molecular complexity index is 655. The predicted molar refractivity (Wildman–Crippen MR) is 86.0 cm³/mol. The van der Waals surface area contributed by atoms with Gasteiger partial charge in [0, 0.05) is 11.1 Å². The molecule has 0 spiro atoms. The summed E-state index contributed by atoms with van der Waals surface area (Å²) in [4.78, 5) is 11.8. The van der Waals surface area contributed by atoms with E-state index in [0.717, 1.165) is 5.56 Å². The Morgan fingerprint density at radius 1 is 1.24 bits per heavy atom. The average molecular weight is 304 g/mol. The lowest BCUT2D eigenvalue weighted by Crippen LogP contribution is -2.12. The van der Waals surface area contributed by atoms with Crippen molar-refractivity contribution in [1.29, 1.82) is 0 Å². The molecule has 0 heterocycles. The maximum atomic E-state index is 11.8. The van der Waals surface area contributed by atoms with E-state index in [1.54, 1.807) is 18.2 Å². The van der Waals surface area contributed by atoms with Crippen LogP contribution in [0.25, 0.3) is 0 Å². The van der Waals surface area contributed by atoms with Crippen molar-refractivity contribution in [1.82, 2.24) is 0 Å². The number of benzene rings is 2. The van der Waals surface area contributed by atoms with Crippen LogP contribution >= 0.6 is 11.6 Å². The lowest BCUT2D eigenvalue weighted by atomic mass is 10.0. The fraction of sp³-hybridized carbons (Fsp3) is 0.235. The van der Waals surface area contributed by atoms with E-state index in [-0.39, 0.29) is 12.0 Å². The minimum Gasteiger partial charge on any atom is -0.465 e. The molecule has 0 aliphatic carbocycles. The van der Waals surface area contributed by atoms with Gasteiger partial charge in [0.2, 0.25) is 0 Å². The van der Waals surface area contributed by atoms with Crippen molar-refractivity contribution in [2.75, 3.05) is 12.4 Å². The molecule has 2 rings (SSSR count). The maximum absolute atomic E-state index is 11.8. The molecule has 0 aliphatic rings. The fourth-order valence-corrected chi connectivity index (χ4v) is 2.35. The molecule has 0 amide bonds. The zero-order valence-corrected chi connectivity index (χ0v) is 13.1. The van der Waals surface area contributed by atoms with Gasteiger partial charge in [-0.15, -0.1) is 0 Å². The lowest BCUT2D eigenvalue weighted by Gasteiger charge is -2.18. The molecule has 0 radical (unpaired) electrons. The second-order valence-corrected chi connectivity index (χ2v) is 5.40. The van der Waals surface area contributed by atoms with Crippen molar-refractivity contribution >= 4 is 23.3 Å². The Morgan fingerprint density at radius 3 is 2.67 bits per heavy atom. The van der Waals surface area contributed by atoms with Gasteiger partial charge < -0.3 is 10.1 Å². The first-order chi connectivity index (χ1) is 10.0. The monoisotopic (exact) mass is 303 g/mol. The number of hydrogen-bond donors (Lipinski definition) is 1. The third-order valence-corrected chi connectivity index (χ3v) is 3.54. The van der Waals surface area contributed by atoms with Crippen molar-refractivity contribution in [2.24, 2.45) is 0 Å². The van der Waals surface area contributed by atoms with E-state index in [1.165, 1.54) is 12.7 Å². The molecule has 0 aliphatic heterocycles.